The van der Waals surface area contributed by atoms with E-state index in [1.165, 1.54) is 35.3 Å². The molecule has 3 aromatic heterocycles. The second kappa shape index (κ2) is 6.08. The van der Waals surface area contributed by atoms with Crippen LogP contribution in [0.2, 0.25) is 0 Å². The Bertz CT molecular complexity index is 846. The Hall–Kier alpha value is -2.28. The van der Waals surface area contributed by atoms with Crippen molar-refractivity contribution in [3.8, 4) is 11.4 Å². The fourth-order valence-electron chi connectivity index (χ4n) is 3.03. The van der Waals surface area contributed by atoms with Crippen LogP contribution in [0.5, 0.6) is 0 Å². The predicted molar refractivity (Wildman–Crippen MR) is 86.4 cm³/mol. The first-order chi connectivity index (χ1) is 11.3. The van der Waals surface area contributed by atoms with E-state index in [-0.39, 0.29) is 0 Å². The molecule has 0 aliphatic heterocycles. The second-order valence-electron chi connectivity index (χ2n) is 5.75. The zero-order valence-electron chi connectivity index (χ0n) is 12.5. The lowest BCUT2D eigenvalue weighted by Crippen LogP contribution is -2.16. The van der Waals surface area contributed by atoms with E-state index in [1.807, 2.05) is 5.38 Å². The Kier molecular flexibility index (Phi) is 3.78. The summed E-state index contributed by atoms with van der Waals surface area (Å²) in [6, 6.07) is 3.61. The highest BCUT2D eigenvalue weighted by atomic mass is 32.1. The molecule has 1 fully saturated rings. The summed E-state index contributed by atoms with van der Waals surface area (Å²) < 4.78 is 6.36. The summed E-state index contributed by atoms with van der Waals surface area (Å²) >= 11 is 1.69. The van der Waals surface area contributed by atoms with E-state index in [9.17, 15) is 4.79 Å². The number of thiazole rings is 1. The van der Waals surface area contributed by atoms with Gasteiger partial charge in [-0.25, -0.2) is 9.78 Å². The number of aromatic nitrogens is 4. The smallest absolute Gasteiger partial charge is 0.295 e. The molecule has 0 amide bonds. The zero-order chi connectivity index (χ0) is 15.6. The highest BCUT2D eigenvalue weighted by Gasteiger charge is 2.21. The first-order valence-corrected chi connectivity index (χ1v) is 8.60. The molecule has 3 aromatic rings. The minimum atomic E-state index is -0.466. The van der Waals surface area contributed by atoms with Crippen LogP contribution in [0.15, 0.2) is 39.2 Å². The highest BCUT2D eigenvalue weighted by molar-refractivity contribution is 7.09. The summed E-state index contributed by atoms with van der Waals surface area (Å²) in [4.78, 5) is 20.7. The second-order valence-corrected chi connectivity index (χ2v) is 6.64. The summed E-state index contributed by atoms with van der Waals surface area (Å²) in [5, 5.41) is 7.11. The normalized spacial score (nSPS) is 15.3. The number of hydrogen-bond acceptors (Lipinski definition) is 6. The molecule has 1 aliphatic carbocycles. The minimum Gasteiger partial charge on any atom is -0.295 e. The van der Waals surface area contributed by atoms with Crippen molar-refractivity contribution < 1.29 is 4.52 Å². The van der Waals surface area contributed by atoms with Crippen molar-refractivity contribution in [3.05, 3.63) is 51.2 Å². The SMILES string of the molecule is O=c1onc(-c2ccncc2)n1Cc1csc(C2CCCC2)n1. The van der Waals surface area contributed by atoms with E-state index >= 15 is 0 Å². The van der Waals surface area contributed by atoms with Crippen LogP contribution in [0.1, 0.15) is 42.3 Å². The zero-order valence-corrected chi connectivity index (χ0v) is 13.3. The van der Waals surface area contributed by atoms with Crippen LogP contribution >= 0.6 is 11.3 Å². The molecule has 0 spiro atoms. The van der Waals surface area contributed by atoms with Crippen molar-refractivity contribution in [1.29, 1.82) is 0 Å². The van der Waals surface area contributed by atoms with Gasteiger partial charge in [-0.15, -0.1) is 11.3 Å². The Morgan fingerprint density at radius 2 is 2.04 bits per heavy atom. The Labute approximate surface area is 136 Å². The summed E-state index contributed by atoms with van der Waals surface area (Å²) in [7, 11) is 0. The molecule has 0 radical (unpaired) electrons. The van der Waals surface area contributed by atoms with Gasteiger partial charge < -0.3 is 0 Å². The summed E-state index contributed by atoms with van der Waals surface area (Å²) in [6.07, 6.45) is 8.36. The third kappa shape index (κ3) is 2.84. The van der Waals surface area contributed by atoms with Gasteiger partial charge in [-0.05, 0) is 25.0 Å². The van der Waals surface area contributed by atoms with E-state index in [4.69, 9.17) is 9.51 Å². The fourth-order valence-corrected chi connectivity index (χ4v) is 4.02. The lowest BCUT2D eigenvalue weighted by Gasteiger charge is -2.04. The molecule has 0 aromatic carbocycles. The Balaban J connectivity index is 1.62. The molecule has 0 atom stereocenters. The first kappa shape index (κ1) is 14.3. The van der Waals surface area contributed by atoms with Gasteiger partial charge in [0, 0.05) is 29.3 Å². The highest BCUT2D eigenvalue weighted by Crippen LogP contribution is 2.35. The molecular weight excluding hydrogens is 312 g/mol. The topological polar surface area (TPSA) is 73.8 Å². The van der Waals surface area contributed by atoms with E-state index in [0.29, 0.717) is 18.3 Å². The first-order valence-electron chi connectivity index (χ1n) is 7.72. The summed E-state index contributed by atoms with van der Waals surface area (Å²) in [5.74, 6) is 0.632. The molecule has 3 heterocycles. The van der Waals surface area contributed by atoms with Gasteiger partial charge in [-0.1, -0.05) is 18.0 Å². The van der Waals surface area contributed by atoms with Gasteiger partial charge in [0.25, 0.3) is 0 Å². The lowest BCUT2D eigenvalue weighted by atomic mass is 10.1. The average Bonchev–Trinajstić information content (AvgIpc) is 3.31. The van der Waals surface area contributed by atoms with E-state index < -0.39 is 5.76 Å². The van der Waals surface area contributed by atoms with Crippen molar-refractivity contribution in [2.75, 3.05) is 0 Å². The van der Waals surface area contributed by atoms with Crippen LogP contribution in [-0.4, -0.2) is 19.7 Å². The molecule has 1 aliphatic rings. The Morgan fingerprint density at radius 3 is 2.83 bits per heavy atom. The molecule has 0 unspecified atom stereocenters. The standard InChI is InChI=1S/C16H16N4O2S/c21-16-20(14(19-22-16)11-5-7-17-8-6-11)9-13-10-23-15(18-13)12-3-1-2-4-12/h5-8,10,12H,1-4,9H2. The number of hydrogen-bond donors (Lipinski definition) is 0. The largest absolute Gasteiger partial charge is 0.442 e. The van der Waals surface area contributed by atoms with E-state index in [1.54, 1.807) is 35.9 Å². The van der Waals surface area contributed by atoms with Gasteiger partial charge in [-0.3, -0.25) is 14.1 Å². The third-order valence-corrected chi connectivity index (χ3v) is 5.27. The van der Waals surface area contributed by atoms with Gasteiger partial charge in [-0.2, -0.15) is 0 Å². The molecule has 4 rings (SSSR count). The molecular formula is C16H16N4O2S. The van der Waals surface area contributed by atoms with Crippen LogP contribution in [0, 0.1) is 0 Å². The average molecular weight is 328 g/mol. The molecule has 7 heteroatoms. The quantitative estimate of drug-likeness (QED) is 0.736. The Morgan fingerprint density at radius 1 is 1.26 bits per heavy atom. The molecule has 0 N–H and O–H groups in total. The molecule has 0 bridgehead atoms. The monoisotopic (exact) mass is 328 g/mol. The van der Waals surface area contributed by atoms with Crippen molar-refractivity contribution in [1.82, 2.24) is 19.7 Å². The van der Waals surface area contributed by atoms with Crippen LogP contribution in [0.4, 0.5) is 0 Å². The van der Waals surface area contributed by atoms with Crippen LogP contribution in [0.25, 0.3) is 11.4 Å². The van der Waals surface area contributed by atoms with Crippen molar-refractivity contribution in [2.24, 2.45) is 0 Å². The van der Waals surface area contributed by atoms with Crippen LogP contribution in [-0.2, 0) is 6.54 Å². The molecule has 118 valence electrons. The van der Waals surface area contributed by atoms with Crippen LogP contribution in [0.3, 0.4) is 0 Å². The van der Waals surface area contributed by atoms with Crippen molar-refractivity contribution >= 4 is 11.3 Å². The summed E-state index contributed by atoms with van der Waals surface area (Å²) in [5.41, 5.74) is 1.69. The van der Waals surface area contributed by atoms with Crippen LogP contribution < -0.4 is 5.76 Å². The number of rotatable bonds is 4. The van der Waals surface area contributed by atoms with Gasteiger partial charge >= 0.3 is 5.76 Å². The molecule has 23 heavy (non-hydrogen) atoms. The van der Waals surface area contributed by atoms with Gasteiger partial charge in [0.05, 0.1) is 17.2 Å². The van der Waals surface area contributed by atoms with E-state index in [2.05, 4.69) is 10.1 Å². The lowest BCUT2D eigenvalue weighted by molar-refractivity contribution is 0.378. The van der Waals surface area contributed by atoms with Gasteiger partial charge in [0.1, 0.15) is 0 Å². The summed E-state index contributed by atoms with van der Waals surface area (Å²) in [6.45, 7) is 0.378. The maximum absolute atomic E-state index is 12.0. The molecule has 6 nitrogen and oxygen atoms in total. The van der Waals surface area contributed by atoms with Gasteiger partial charge in [0.15, 0.2) is 5.82 Å². The maximum atomic E-state index is 12.0. The predicted octanol–water partition coefficient (Wildman–Crippen LogP) is 3.06. The van der Waals surface area contributed by atoms with Gasteiger partial charge in [0.2, 0.25) is 0 Å². The van der Waals surface area contributed by atoms with E-state index in [0.717, 1.165) is 11.3 Å². The molecule has 1 saturated carbocycles. The molecule has 0 saturated heterocycles. The number of nitrogens with zero attached hydrogens (tertiary/aromatic N) is 4. The van der Waals surface area contributed by atoms with Crippen molar-refractivity contribution in [2.45, 2.75) is 38.1 Å². The number of pyridine rings is 1. The maximum Gasteiger partial charge on any atom is 0.442 e. The third-order valence-electron chi connectivity index (χ3n) is 4.22. The fraction of sp³-hybridized carbons (Fsp3) is 0.375. The minimum absolute atomic E-state index is 0.378. The van der Waals surface area contributed by atoms with Crippen molar-refractivity contribution in [3.63, 3.8) is 0 Å².